The van der Waals surface area contributed by atoms with Gasteiger partial charge in [0.15, 0.2) is 0 Å². The van der Waals surface area contributed by atoms with E-state index >= 15 is 0 Å². The van der Waals surface area contributed by atoms with Gasteiger partial charge in [-0.2, -0.15) is 0 Å². The zero-order valence-electron chi connectivity index (χ0n) is 12.2. The van der Waals surface area contributed by atoms with Crippen LogP contribution in [0.15, 0.2) is 24.3 Å². The van der Waals surface area contributed by atoms with Gasteiger partial charge in [0, 0.05) is 12.1 Å². The smallest absolute Gasteiger partial charge is 0.240 e. The first kappa shape index (κ1) is 15.0. The second kappa shape index (κ2) is 6.84. The maximum atomic E-state index is 13.9. The fourth-order valence-corrected chi connectivity index (χ4v) is 2.77. The van der Waals surface area contributed by atoms with Crippen molar-refractivity contribution in [3.63, 3.8) is 0 Å². The topological polar surface area (TPSA) is 32.3 Å². The summed E-state index contributed by atoms with van der Waals surface area (Å²) in [5.74, 6) is -0.142. The number of halogens is 1. The molecule has 3 nitrogen and oxygen atoms in total. The molecule has 2 unspecified atom stereocenters. The Balaban J connectivity index is 2.11. The van der Waals surface area contributed by atoms with E-state index in [1.54, 1.807) is 17.0 Å². The lowest BCUT2D eigenvalue weighted by Crippen LogP contribution is -2.51. The molecule has 0 saturated carbocycles. The molecular weight excluding hydrogens is 255 g/mol. The minimum Gasteiger partial charge on any atom is -0.334 e. The number of nitrogens with zero attached hydrogens (tertiary/aromatic N) is 1. The molecule has 0 aromatic heterocycles. The van der Waals surface area contributed by atoms with E-state index in [4.69, 9.17) is 0 Å². The first-order valence-electron chi connectivity index (χ1n) is 7.43. The zero-order chi connectivity index (χ0) is 14.5. The summed E-state index contributed by atoms with van der Waals surface area (Å²) in [6.45, 7) is 5.54. The summed E-state index contributed by atoms with van der Waals surface area (Å²) in [6, 6.07) is 6.38. The molecule has 1 aliphatic heterocycles. The van der Waals surface area contributed by atoms with E-state index in [0.29, 0.717) is 12.1 Å². The van der Waals surface area contributed by atoms with Crippen molar-refractivity contribution >= 4 is 5.91 Å². The lowest BCUT2D eigenvalue weighted by Gasteiger charge is -2.37. The second-order valence-electron chi connectivity index (χ2n) is 5.38. The van der Waals surface area contributed by atoms with Crippen molar-refractivity contribution in [2.75, 3.05) is 13.1 Å². The number of carbonyl (C=O) groups is 1. The number of piperidine rings is 1. The fraction of sp³-hybridized carbons (Fsp3) is 0.562. The Morgan fingerprint density at radius 2 is 2.20 bits per heavy atom. The molecular formula is C16H23FN2O. The van der Waals surface area contributed by atoms with Crippen molar-refractivity contribution in [3.8, 4) is 0 Å². The summed E-state index contributed by atoms with van der Waals surface area (Å²) in [4.78, 5) is 14.3. The highest BCUT2D eigenvalue weighted by Gasteiger charge is 2.32. The van der Waals surface area contributed by atoms with Gasteiger partial charge < -0.3 is 10.2 Å². The Morgan fingerprint density at radius 1 is 1.45 bits per heavy atom. The van der Waals surface area contributed by atoms with Crippen molar-refractivity contribution in [1.29, 1.82) is 0 Å². The van der Waals surface area contributed by atoms with Crippen LogP contribution >= 0.6 is 0 Å². The number of hydrogen-bond acceptors (Lipinski definition) is 2. The molecule has 0 radical (unpaired) electrons. The Labute approximate surface area is 120 Å². The number of carbonyl (C=O) groups excluding carboxylic acids is 1. The Bertz CT molecular complexity index is 464. The summed E-state index contributed by atoms with van der Waals surface area (Å²) < 4.78 is 13.9. The molecule has 0 aliphatic carbocycles. The summed E-state index contributed by atoms with van der Waals surface area (Å²) in [6.07, 6.45) is 2.85. The molecule has 1 amide bonds. The molecule has 1 saturated heterocycles. The van der Waals surface area contributed by atoms with Crippen molar-refractivity contribution in [1.82, 2.24) is 10.2 Å². The number of hydrogen-bond donors (Lipinski definition) is 1. The van der Waals surface area contributed by atoms with Gasteiger partial charge in [-0.1, -0.05) is 25.1 Å². The summed E-state index contributed by atoms with van der Waals surface area (Å²) in [5.41, 5.74) is 0.594. The fourth-order valence-electron chi connectivity index (χ4n) is 2.77. The Kier molecular flexibility index (Phi) is 5.12. The van der Waals surface area contributed by atoms with Gasteiger partial charge in [-0.05, 0) is 38.8 Å². The molecule has 2 atom stereocenters. The van der Waals surface area contributed by atoms with Crippen LogP contribution in [0.4, 0.5) is 4.39 Å². The van der Waals surface area contributed by atoms with Crippen LogP contribution in [-0.4, -0.2) is 29.9 Å². The normalized spacial score (nSPS) is 21.1. The summed E-state index contributed by atoms with van der Waals surface area (Å²) in [7, 11) is 0. The molecule has 110 valence electrons. The van der Waals surface area contributed by atoms with E-state index in [1.165, 1.54) is 6.07 Å². The predicted molar refractivity (Wildman–Crippen MR) is 77.8 cm³/mol. The lowest BCUT2D eigenvalue weighted by molar-refractivity contribution is -0.138. The van der Waals surface area contributed by atoms with Gasteiger partial charge in [-0.15, -0.1) is 0 Å². The van der Waals surface area contributed by atoms with Crippen LogP contribution in [-0.2, 0) is 4.79 Å². The summed E-state index contributed by atoms with van der Waals surface area (Å²) >= 11 is 0. The van der Waals surface area contributed by atoms with Gasteiger partial charge in [-0.25, -0.2) is 4.39 Å². The standard InChI is InChI=1S/C16H23FN2O/c1-3-10-18-15-9-6-11-19(16(15)20)12(2)13-7-4-5-8-14(13)17/h4-5,7-8,12,15,18H,3,6,9-11H2,1-2H3. The molecule has 1 aromatic carbocycles. The predicted octanol–water partition coefficient (Wildman–Crippen LogP) is 2.88. The molecule has 1 fully saturated rings. The minimum absolute atomic E-state index is 0.0976. The average Bonchev–Trinajstić information content (AvgIpc) is 2.46. The highest BCUT2D eigenvalue weighted by atomic mass is 19.1. The number of amides is 1. The molecule has 1 heterocycles. The minimum atomic E-state index is -0.239. The molecule has 0 spiro atoms. The Morgan fingerprint density at radius 3 is 2.90 bits per heavy atom. The monoisotopic (exact) mass is 278 g/mol. The first-order chi connectivity index (χ1) is 9.65. The van der Waals surface area contributed by atoms with Gasteiger partial charge >= 0.3 is 0 Å². The van der Waals surface area contributed by atoms with E-state index in [0.717, 1.165) is 25.8 Å². The highest BCUT2D eigenvalue weighted by molar-refractivity contribution is 5.83. The molecule has 1 aliphatic rings. The lowest BCUT2D eigenvalue weighted by atomic mass is 9.99. The van der Waals surface area contributed by atoms with E-state index in [2.05, 4.69) is 12.2 Å². The van der Waals surface area contributed by atoms with E-state index in [-0.39, 0.29) is 23.8 Å². The van der Waals surface area contributed by atoms with Crippen molar-refractivity contribution < 1.29 is 9.18 Å². The van der Waals surface area contributed by atoms with Crippen LogP contribution < -0.4 is 5.32 Å². The van der Waals surface area contributed by atoms with Gasteiger partial charge in [0.1, 0.15) is 5.82 Å². The molecule has 1 N–H and O–H groups in total. The van der Waals surface area contributed by atoms with Crippen molar-refractivity contribution in [2.45, 2.75) is 45.2 Å². The molecule has 2 rings (SSSR count). The zero-order valence-corrected chi connectivity index (χ0v) is 12.2. The number of rotatable bonds is 5. The number of nitrogens with one attached hydrogen (secondary N) is 1. The van der Waals surface area contributed by atoms with Crippen LogP contribution in [0.25, 0.3) is 0 Å². The third kappa shape index (κ3) is 3.18. The summed E-state index contributed by atoms with van der Waals surface area (Å²) in [5, 5.41) is 3.29. The molecule has 1 aromatic rings. The van der Waals surface area contributed by atoms with Crippen LogP contribution in [0.3, 0.4) is 0 Å². The molecule has 4 heteroatoms. The maximum absolute atomic E-state index is 13.9. The Hall–Kier alpha value is -1.42. The highest BCUT2D eigenvalue weighted by Crippen LogP contribution is 2.26. The first-order valence-corrected chi connectivity index (χ1v) is 7.43. The van der Waals surface area contributed by atoms with Crippen molar-refractivity contribution in [3.05, 3.63) is 35.6 Å². The largest absolute Gasteiger partial charge is 0.334 e. The average molecular weight is 278 g/mol. The van der Waals surface area contributed by atoms with Crippen LogP contribution in [0, 0.1) is 5.82 Å². The van der Waals surface area contributed by atoms with Gasteiger partial charge in [0.05, 0.1) is 12.1 Å². The molecule has 0 bridgehead atoms. The number of benzene rings is 1. The van der Waals surface area contributed by atoms with E-state index in [9.17, 15) is 9.18 Å². The van der Waals surface area contributed by atoms with Gasteiger partial charge in [0.2, 0.25) is 5.91 Å². The third-order valence-electron chi connectivity index (χ3n) is 3.94. The SMILES string of the molecule is CCCNC1CCCN(C(C)c2ccccc2F)C1=O. The van der Waals surface area contributed by atoms with E-state index in [1.807, 2.05) is 13.0 Å². The van der Waals surface area contributed by atoms with E-state index < -0.39 is 0 Å². The molecule has 20 heavy (non-hydrogen) atoms. The third-order valence-corrected chi connectivity index (χ3v) is 3.94. The van der Waals surface area contributed by atoms with Crippen LogP contribution in [0.2, 0.25) is 0 Å². The second-order valence-corrected chi connectivity index (χ2v) is 5.38. The quantitative estimate of drug-likeness (QED) is 0.898. The maximum Gasteiger partial charge on any atom is 0.240 e. The van der Waals surface area contributed by atoms with Crippen molar-refractivity contribution in [2.24, 2.45) is 0 Å². The van der Waals surface area contributed by atoms with Crippen LogP contribution in [0.5, 0.6) is 0 Å². The van der Waals surface area contributed by atoms with Crippen LogP contribution in [0.1, 0.15) is 44.7 Å². The van der Waals surface area contributed by atoms with Gasteiger partial charge in [-0.3, -0.25) is 4.79 Å². The van der Waals surface area contributed by atoms with Gasteiger partial charge in [0.25, 0.3) is 0 Å². The number of likely N-dealkylation sites (tertiary alicyclic amines) is 1.